The van der Waals surface area contributed by atoms with E-state index in [0.29, 0.717) is 12.1 Å². The van der Waals surface area contributed by atoms with E-state index in [-0.39, 0.29) is 5.91 Å². The zero-order valence-electron chi connectivity index (χ0n) is 11.3. The van der Waals surface area contributed by atoms with Crippen LogP contribution >= 0.6 is 27.3 Å². The van der Waals surface area contributed by atoms with Crippen molar-refractivity contribution in [3.63, 3.8) is 0 Å². The van der Waals surface area contributed by atoms with Gasteiger partial charge in [-0.2, -0.15) is 5.10 Å². The Hall–Kier alpha value is -1.73. The molecule has 0 saturated carbocycles. The SMILES string of the molecule is Cc1nc2scc(CCNC(=O)c3ccccc3Br)n2n1. The van der Waals surface area contributed by atoms with Crippen LogP contribution in [0.1, 0.15) is 21.9 Å². The van der Waals surface area contributed by atoms with Crippen LogP contribution in [0.25, 0.3) is 4.96 Å². The molecule has 7 heteroatoms. The highest BCUT2D eigenvalue weighted by molar-refractivity contribution is 9.10. The molecular formula is C14H13BrN4OS. The summed E-state index contributed by atoms with van der Waals surface area (Å²) in [5.74, 6) is 0.684. The average molecular weight is 365 g/mol. The van der Waals surface area contributed by atoms with E-state index in [0.717, 1.165) is 27.4 Å². The minimum atomic E-state index is -0.0799. The van der Waals surface area contributed by atoms with Crippen molar-refractivity contribution in [2.75, 3.05) is 6.54 Å². The van der Waals surface area contributed by atoms with E-state index in [1.807, 2.05) is 35.0 Å². The van der Waals surface area contributed by atoms with Crippen LogP contribution in [0.2, 0.25) is 0 Å². The Balaban J connectivity index is 1.63. The maximum absolute atomic E-state index is 12.1. The van der Waals surface area contributed by atoms with Gasteiger partial charge in [0.2, 0.25) is 4.96 Å². The van der Waals surface area contributed by atoms with Crippen molar-refractivity contribution >= 4 is 38.1 Å². The number of aryl methyl sites for hydroxylation is 1. The Labute approximate surface area is 134 Å². The summed E-state index contributed by atoms with van der Waals surface area (Å²) in [6, 6.07) is 7.38. The van der Waals surface area contributed by atoms with Gasteiger partial charge in [-0.3, -0.25) is 4.79 Å². The van der Waals surface area contributed by atoms with Gasteiger partial charge in [0.05, 0.1) is 11.3 Å². The Morgan fingerprint density at radius 3 is 3.05 bits per heavy atom. The van der Waals surface area contributed by atoms with Crippen LogP contribution < -0.4 is 5.32 Å². The van der Waals surface area contributed by atoms with E-state index in [9.17, 15) is 4.79 Å². The van der Waals surface area contributed by atoms with Crippen LogP contribution in [-0.2, 0) is 6.42 Å². The molecule has 2 heterocycles. The Morgan fingerprint density at radius 2 is 2.24 bits per heavy atom. The van der Waals surface area contributed by atoms with Crippen molar-refractivity contribution in [2.24, 2.45) is 0 Å². The molecule has 0 unspecified atom stereocenters. The highest BCUT2D eigenvalue weighted by Gasteiger charge is 2.10. The van der Waals surface area contributed by atoms with Crippen LogP contribution in [0.4, 0.5) is 0 Å². The monoisotopic (exact) mass is 364 g/mol. The maximum Gasteiger partial charge on any atom is 0.252 e. The van der Waals surface area contributed by atoms with Gasteiger partial charge in [-0.25, -0.2) is 9.50 Å². The molecule has 1 aromatic carbocycles. The first-order valence-corrected chi connectivity index (χ1v) is 8.15. The number of halogens is 1. The first kappa shape index (κ1) is 14.2. The van der Waals surface area contributed by atoms with Crippen LogP contribution in [-0.4, -0.2) is 27.0 Å². The molecular weight excluding hydrogens is 352 g/mol. The fourth-order valence-electron chi connectivity index (χ4n) is 2.04. The average Bonchev–Trinajstić information content (AvgIpc) is 2.99. The summed E-state index contributed by atoms with van der Waals surface area (Å²) in [7, 11) is 0. The van der Waals surface area contributed by atoms with E-state index in [1.165, 1.54) is 0 Å². The second-order valence-electron chi connectivity index (χ2n) is 4.57. The van der Waals surface area contributed by atoms with Crippen molar-refractivity contribution in [3.8, 4) is 0 Å². The quantitative estimate of drug-likeness (QED) is 0.774. The Bertz CT molecular complexity index is 795. The molecule has 0 aliphatic carbocycles. The molecule has 108 valence electrons. The van der Waals surface area contributed by atoms with E-state index in [2.05, 4.69) is 31.3 Å². The number of rotatable bonds is 4. The molecule has 0 fully saturated rings. The van der Waals surface area contributed by atoms with Gasteiger partial charge >= 0.3 is 0 Å². The standard InChI is InChI=1S/C14H13BrN4OS/c1-9-17-14-19(18-9)10(8-21-14)6-7-16-13(20)11-4-2-3-5-12(11)15/h2-5,8H,6-7H2,1H3,(H,16,20). The second-order valence-corrected chi connectivity index (χ2v) is 6.26. The normalized spacial score (nSPS) is 11.0. The first-order valence-electron chi connectivity index (χ1n) is 6.47. The third-order valence-electron chi connectivity index (χ3n) is 3.04. The largest absolute Gasteiger partial charge is 0.352 e. The number of hydrogen-bond acceptors (Lipinski definition) is 4. The van der Waals surface area contributed by atoms with Gasteiger partial charge in [-0.05, 0) is 35.0 Å². The molecule has 0 atom stereocenters. The number of carbonyl (C=O) groups is 1. The number of benzene rings is 1. The molecule has 1 N–H and O–H groups in total. The molecule has 0 aliphatic heterocycles. The van der Waals surface area contributed by atoms with Crippen molar-refractivity contribution in [1.82, 2.24) is 19.9 Å². The van der Waals surface area contributed by atoms with Gasteiger partial charge in [0.1, 0.15) is 5.82 Å². The van der Waals surface area contributed by atoms with Gasteiger partial charge in [-0.15, -0.1) is 11.3 Å². The van der Waals surface area contributed by atoms with Gasteiger partial charge in [0.15, 0.2) is 0 Å². The van der Waals surface area contributed by atoms with E-state index in [4.69, 9.17) is 0 Å². The lowest BCUT2D eigenvalue weighted by atomic mass is 10.2. The van der Waals surface area contributed by atoms with E-state index < -0.39 is 0 Å². The summed E-state index contributed by atoms with van der Waals surface area (Å²) >= 11 is 4.94. The van der Waals surface area contributed by atoms with E-state index >= 15 is 0 Å². The highest BCUT2D eigenvalue weighted by Crippen LogP contribution is 2.16. The zero-order valence-corrected chi connectivity index (χ0v) is 13.7. The van der Waals surface area contributed by atoms with Crippen molar-refractivity contribution in [2.45, 2.75) is 13.3 Å². The van der Waals surface area contributed by atoms with Crippen LogP contribution in [0.15, 0.2) is 34.1 Å². The fourth-order valence-corrected chi connectivity index (χ4v) is 3.41. The van der Waals surface area contributed by atoms with Crippen LogP contribution in [0, 0.1) is 6.92 Å². The minimum absolute atomic E-state index is 0.0799. The second kappa shape index (κ2) is 5.95. The van der Waals surface area contributed by atoms with E-state index in [1.54, 1.807) is 17.4 Å². The third-order valence-corrected chi connectivity index (χ3v) is 4.60. The van der Waals surface area contributed by atoms with Crippen molar-refractivity contribution in [3.05, 3.63) is 51.2 Å². The van der Waals surface area contributed by atoms with Gasteiger partial charge in [0.25, 0.3) is 5.91 Å². The number of aromatic nitrogens is 3. The topological polar surface area (TPSA) is 59.3 Å². The molecule has 21 heavy (non-hydrogen) atoms. The number of nitrogens with one attached hydrogen (secondary N) is 1. The summed E-state index contributed by atoms with van der Waals surface area (Å²) in [6.07, 6.45) is 0.721. The Kier molecular flexibility index (Phi) is 4.03. The molecule has 3 rings (SSSR count). The molecule has 0 bridgehead atoms. The number of amides is 1. The fraction of sp³-hybridized carbons (Fsp3) is 0.214. The van der Waals surface area contributed by atoms with Crippen LogP contribution in [0.5, 0.6) is 0 Å². The lowest BCUT2D eigenvalue weighted by Crippen LogP contribution is -2.26. The third kappa shape index (κ3) is 2.98. The van der Waals surface area contributed by atoms with Crippen molar-refractivity contribution < 1.29 is 4.79 Å². The molecule has 0 spiro atoms. The van der Waals surface area contributed by atoms with Crippen molar-refractivity contribution in [1.29, 1.82) is 0 Å². The summed E-state index contributed by atoms with van der Waals surface area (Å²) in [4.78, 5) is 17.3. The molecule has 2 aromatic heterocycles. The molecule has 5 nitrogen and oxygen atoms in total. The molecule has 0 aliphatic rings. The molecule has 1 amide bonds. The number of nitrogens with zero attached hydrogens (tertiary/aromatic N) is 3. The zero-order chi connectivity index (χ0) is 14.8. The first-order chi connectivity index (χ1) is 10.1. The minimum Gasteiger partial charge on any atom is -0.352 e. The molecule has 0 saturated heterocycles. The van der Waals surface area contributed by atoms with Gasteiger partial charge in [-0.1, -0.05) is 12.1 Å². The van der Waals surface area contributed by atoms with Gasteiger partial charge in [0, 0.05) is 22.8 Å². The molecule has 0 radical (unpaired) electrons. The highest BCUT2D eigenvalue weighted by atomic mass is 79.9. The lowest BCUT2D eigenvalue weighted by molar-refractivity contribution is 0.0953. The van der Waals surface area contributed by atoms with Crippen LogP contribution in [0.3, 0.4) is 0 Å². The number of fused-ring (bicyclic) bond motifs is 1. The number of carbonyl (C=O) groups excluding carboxylic acids is 1. The predicted molar refractivity (Wildman–Crippen MR) is 85.8 cm³/mol. The maximum atomic E-state index is 12.1. The predicted octanol–water partition coefficient (Wildman–Crippen LogP) is 2.83. The summed E-state index contributed by atoms with van der Waals surface area (Å²) in [5.41, 5.74) is 1.70. The summed E-state index contributed by atoms with van der Waals surface area (Å²) in [5, 5.41) is 9.29. The molecule has 3 aromatic rings. The lowest BCUT2D eigenvalue weighted by Gasteiger charge is -2.06. The number of hydrogen-bond donors (Lipinski definition) is 1. The number of thiazole rings is 1. The summed E-state index contributed by atoms with van der Waals surface area (Å²) in [6.45, 7) is 2.43. The summed E-state index contributed by atoms with van der Waals surface area (Å²) < 4.78 is 2.64. The van der Waals surface area contributed by atoms with Gasteiger partial charge < -0.3 is 5.32 Å². The Morgan fingerprint density at radius 1 is 1.43 bits per heavy atom. The smallest absolute Gasteiger partial charge is 0.252 e.